The maximum absolute atomic E-state index is 12.4. The second kappa shape index (κ2) is 8.48. The number of nitrogens with one attached hydrogen (secondary N) is 1. The van der Waals surface area contributed by atoms with Gasteiger partial charge < -0.3 is 10.1 Å². The zero-order valence-corrected chi connectivity index (χ0v) is 14.8. The first-order valence-corrected chi connectivity index (χ1v) is 9.90. The van der Waals surface area contributed by atoms with Gasteiger partial charge in [-0.3, -0.25) is 9.69 Å². The van der Waals surface area contributed by atoms with E-state index in [0.717, 1.165) is 50.9 Å². The van der Waals surface area contributed by atoms with Gasteiger partial charge >= 0.3 is 0 Å². The number of hydrogen-bond donors (Lipinski definition) is 1. The van der Waals surface area contributed by atoms with Gasteiger partial charge in [0.15, 0.2) is 0 Å². The van der Waals surface area contributed by atoms with Crippen LogP contribution in [0.1, 0.15) is 64.7 Å². The molecule has 0 aromatic carbocycles. The van der Waals surface area contributed by atoms with E-state index in [1.165, 1.54) is 45.2 Å². The maximum Gasteiger partial charge on any atom is 0.223 e. The van der Waals surface area contributed by atoms with Gasteiger partial charge in [0.25, 0.3) is 0 Å². The van der Waals surface area contributed by atoms with Crippen LogP contribution in [0.5, 0.6) is 0 Å². The molecule has 0 aromatic heterocycles. The normalized spacial score (nSPS) is 31.9. The van der Waals surface area contributed by atoms with Crippen molar-refractivity contribution in [2.45, 2.75) is 76.8 Å². The highest BCUT2D eigenvalue weighted by atomic mass is 16.5. The Morgan fingerprint density at radius 1 is 1.04 bits per heavy atom. The summed E-state index contributed by atoms with van der Waals surface area (Å²) in [6, 6.07) is 1.20. The molecule has 0 radical (unpaired) electrons. The number of amides is 1. The Labute approximate surface area is 141 Å². The van der Waals surface area contributed by atoms with E-state index in [2.05, 4.69) is 17.1 Å². The van der Waals surface area contributed by atoms with Crippen molar-refractivity contribution in [3.8, 4) is 0 Å². The number of ether oxygens (including phenoxy) is 1. The van der Waals surface area contributed by atoms with E-state index in [0.29, 0.717) is 6.04 Å². The lowest BCUT2D eigenvalue weighted by Gasteiger charge is -2.43. The Hall–Kier alpha value is -0.610. The average Bonchev–Trinajstić information content (AvgIpc) is 2.63. The van der Waals surface area contributed by atoms with Gasteiger partial charge in [-0.05, 0) is 44.4 Å². The zero-order valence-electron chi connectivity index (χ0n) is 14.8. The van der Waals surface area contributed by atoms with Crippen molar-refractivity contribution in [2.75, 3.05) is 26.3 Å². The van der Waals surface area contributed by atoms with Crippen LogP contribution < -0.4 is 5.32 Å². The fraction of sp³-hybridized carbons (Fsp3) is 0.947. The lowest BCUT2D eigenvalue weighted by atomic mass is 9.81. The SMILES string of the molecule is CC[C@H]1CCCC[C@@H]1N1CCC(NC(=O)C2CCOCC2)CC1. The first-order valence-electron chi connectivity index (χ1n) is 9.90. The third-order valence-corrected chi connectivity index (χ3v) is 6.33. The Bertz CT molecular complexity index is 374. The number of carbonyl (C=O) groups is 1. The first kappa shape index (κ1) is 17.2. The van der Waals surface area contributed by atoms with Crippen molar-refractivity contribution in [1.29, 1.82) is 0 Å². The van der Waals surface area contributed by atoms with Crippen molar-refractivity contribution in [1.82, 2.24) is 10.2 Å². The molecule has 3 rings (SSSR count). The minimum atomic E-state index is 0.185. The first-order chi connectivity index (χ1) is 11.3. The quantitative estimate of drug-likeness (QED) is 0.865. The molecule has 0 aromatic rings. The van der Waals surface area contributed by atoms with E-state index in [1.54, 1.807) is 0 Å². The van der Waals surface area contributed by atoms with E-state index in [1.807, 2.05) is 0 Å². The van der Waals surface area contributed by atoms with Crippen LogP contribution in [0.2, 0.25) is 0 Å². The number of piperidine rings is 1. The monoisotopic (exact) mass is 322 g/mol. The molecular weight excluding hydrogens is 288 g/mol. The minimum absolute atomic E-state index is 0.185. The highest BCUT2D eigenvalue weighted by Crippen LogP contribution is 2.32. The summed E-state index contributed by atoms with van der Waals surface area (Å²) >= 11 is 0. The molecule has 3 fully saturated rings. The molecule has 2 aliphatic heterocycles. The summed E-state index contributed by atoms with van der Waals surface area (Å²) in [7, 11) is 0. The lowest BCUT2D eigenvalue weighted by Crippen LogP contribution is -2.51. The van der Waals surface area contributed by atoms with Gasteiger partial charge in [-0.2, -0.15) is 0 Å². The zero-order chi connectivity index (χ0) is 16.1. The van der Waals surface area contributed by atoms with Crippen LogP contribution in [0.4, 0.5) is 0 Å². The molecule has 132 valence electrons. The van der Waals surface area contributed by atoms with Crippen LogP contribution in [0, 0.1) is 11.8 Å². The molecular formula is C19H34N2O2. The summed E-state index contributed by atoms with van der Waals surface area (Å²) in [6.07, 6.45) is 11.0. The van der Waals surface area contributed by atoms with Gasteiger partial charge in [0.1, 0.15) is 0 Å². The fourth-order valence-electron chi connectivity index (χ4n) is 4.80. The van der Waals surface area contributed by atoms with Gasteiger partial charge in [0.2, 0.25) is 5.91 Å². The number of likely N-dealkylation sites (tertiary alicyclic amines) is 1. The number of carbonyl (C=O) groups excluding carboxylic acids is 1. The van der Waals surface area contributed by atoms with Crippen molar-refractivity contribution in [2.24, 2.45) is 11.8 Å². The Kier molecular flexibility index (Phi) is 6.35. The van der Waals surface area contributed by atoms with E-state index in [-0.39, 0.29) is 11.8 Å². The molecule has 1 saturated carbocycles. The smallest absolute Gasteiger partial charge is 0.223 e. The van der Waals surface area contributed by atoms with E-state index >= 15 is 0 Å². The van der Waals surface area contributed by atoms with Crippen molar-refractivity contribution in [3.05, 3.63) is 0 Å². The minimum Gasteiger partial charge on any atom is -0.381 e. The predicted octanol–water partition coefficient (Wildman–Crippen LogP) is 2.96. The summed E-state index contributed by atoms with van der Waals surface area (Å²) in [5.74, 6) is 1.36. The Morgan fingerprint density at radius 3 is 2.43 bits per heavy atom. The number of rotatable bonds is 4. The molecule has 1 aliphatic carbocycles. The van der Waals surface area contributed by atoms with Crippen molar-refractivity contribution < 1.29 is 9.53 Å². The second-order valence-corrected chi connectivity index (χ2v) is 7.73. The Balaban J connectivity index is 1.43. The highest BCUT2D eigenvalue weighted by molar-refractivity contribution is 5.79. The molecule has 1 N–H and O–H groups in total. The van der Waals surface area contributed by atoms with Crippen LogP contribution in [-0.4, -0.2) is 49.2 Å². The average molecular weight is 322 g/mol. The molecule has 4 heteroatoms. The van der Waals surface area contributed by atoms with Crippen molar-refractivity contribution in [3.63, 3.8) is 0 Å². The molecule has 2 saturated heterocycles. The van der Waals surface area contributed by atoms with Gasteiger partial charge in [-0.1, -0.05) is 26.2 Å². The molecule has 2 heterocycles. The predicted molar refractivity (Wildman–Crippen MR) is 92.3 cm³/mol. The van der Waals surface area contributed by atoms with E-state index in [4.69, 9.17) is 4.74 Å². The number of nitrogens with zero attached hydrogens (tertiary/aromatic N) is 1. The largest absolute Gasteiger partial charge is 0.381 e. The molecule has 23 heavy (non-hydrogen) atoms. The standard InChI is InChI=1S/C19H34N2O2/c1-2-15-5-3-4-6-18(15)21-11-7-17(8-12-21)20-19(22)16-9-13-23-14-10-16/h15-18H,2-14H2,1H3,(H,20,22)/t15-,18-/m0/s1. The lowest BCUT2D eigenvalue weighted by molar-refractivity contribution is -0.129. The molecule has 0 spiro atoms. The molecule has 1 amide bonds. The highest BCUT2D eigenvalue weighted by Gasteiger charge is 2.32. The van der Waals surface area contributed by atoms with Crippen LogP contribution in [0.3, 0.4) is 0 Å². The van der Waals surface area contributed by atoms with Crippen LogP contribution in [0.25, 0.3) is 0 Å². The fourth-order valence-corrected chi connectivity index (χ4v) is 4.80. The van der Waals surface area contributed by atoms with Gasteiger partial charge in [0, 0.05) is 44.3 Å². The molecule has 4 nitrogen and oxygen atoms in total. The summed E-state index contributed by atoms with van der Waals surface area (Å²) in [5.41, 5.74) is 0. The summed E-state index contributed by atoms with van der Waals surface area (Å²) in [6.45, 7) is 6.18. The Morgan fingerprint density at radius 2 is 1.74 bits per heavy atom. The summed E-state index contributed by atoms with van der Waals surface area (Å²) in [4.78, 5) is 15.1. The third-order valence-electron chi connectivity index (χ3n) is 6.33. The molecule has 0 bridgehead atoms. The summed E-state index contributed by atoms with van der Waals surface area (Å²) < 4.78 is 5.36. The molecule has 0 unspecified atom stereocenters. The van der Waals surface area contributed by atoms with Gasteiger partial charge in [0.05, 0.1) is 0 Å². The number of hydrogen-bond acceptors (Lipinski definition) is 3. The molecule has 2 atom stereocenters. The van der Waals surface area contributed by atoms with E-state index in [9.17, 15) is 4.79 Å². The van der Waals surface area contributed by atoms with Crippen LogP contribution in [0.15, 0.2) is 0 Å². The topological polar surface area (TPSA) is 41.6 Å². The van der Waals surface area contributed by atoms with E-state index < -0.39 is 0 Å². The third kappa shape index (κ3) is 4.48. The van der Waals surface area contributed by atoms with Gasteiger partial charge in [-0.15, -0.1) is 0 Å². The van der Waals surface area contributed by atoms with Crippen LogP contribution in [-0.2, 0) is 9.53 Å². The van der Waals surface area contributed by atoms with Crippen LogP contribution >= 0.6 is 0 Å². The maximum atomic E-state index is 12.4. The molecule has 3 aliphatic rings. The summed E-state index contributed by atoms with van der Waals surface area (Å²) in [5, 5.41) is 3.32. The van der Waals surface area contributed by atoms with Gasteiger partial charge in [-0.25, -0.2) is 0 Å². The second-order valence-electron chi connectivity index (χ2n) is 7.73. The van der Waals surface area contributed by atoms with Crippen molar-refractivity contribution >= 4 is 5.91 Å².